The number of hydrogen-bond acceptors (Lipinski definition) is 5. The molecule has 0 saturated carbocycles. The zero-order valence-electron chi connectivity index (χ0n) is 19.9. The minimum Gasteiger partial charge on any atom is -0.469 e. The van der Waals surface area contributed by atoms with E-state index < -0.39 is 23.8 Å². The minimum atomic E-state index is -0.825. The molecule has 0 aliphatic carbocycles. The van der Waals surface area contributed by atoms with Gasteiger partial charge >= 0.3 is 0 Å². The maximum Gasteiger partial charge on any atom is 0.222 e. The Labute approximate surface area is 197 Å². The van der Waals surface area contributed by atoms with Crippen molar-refractivity contribution in [3.8, 4) is 0 Å². The molecule has 0 spiro atoms. The first kappa shape index (κ1) is 26.6. The number of carbonyl (C=O) groups excluding carboxylic acids is 2. The molecule has 7 heteroatoms. The maximum atomic E-state index is 12.8. The van der Waals surface area contributed by atoms with Crippen LogP contribution in [0.5, 0.6) is 0 Å². The van der Waals surface area contributed by atoms with E-state index in [9.17, 15) is 14.7 Å². The molecule has 1 aromatic carbocycles. The van der Waals surface area contributed by atoms with Crippen LogP contribution in [0.15, 0.2) is 53.1 Å². The lowest BCUT2D eigenvalue weighted by Crippen LogP contribution is -2.43. The van der Waals surface area contributed by atoms with E-state index in [0.29, 0.717) is 44.8 Å². The zero-order valence-corrected chi connectivity index (χ0v) is 19.9. The molecule has 1 aromatic heterocycles. The first-order valence-corrected chi connectivity index (χ1v) is 12.0. The van der Waals surface area contributed by atoms with E-state index >= 15 is 0 Å². The highest BCUT2D eigenvalue weighted by atomic mass is 16.3. The number of amides is 2. The molecule has 33 heavy (non-hydrogen) atoms. The van der Waals surface area contributed by atoms with E-state index in [0.717, 1.165) is 18.4 Å². The largest absolute Gasteiger partial charge is 0.469 e. The highest BCUT2D eigenvalue weighted by molar-refractivity contribution is 5.80. The number of primary amides is 1. The molecule has 0 bridgehead atoms. The quantitative estimate of drug-likeness (QED) is 0.359. The van der Waals surface area contributed by atoms with E-state index in [1.807, 2.05) is 55.1 Å². The van der Waals surface area contributed by atoms with Gasteiger partial charge in [-0.2, -0.15) is 0 Å². The van der Waals surface area contributed by atoms with Crippen molar-refractivity contribution in [3.05, 3.63) is 60.1 Å². The SMILES string of the molecule is CCCN(CCC)C(=O)CCC(C(N)=O)[C@H](Cc1ccco1)[C@@H](O)CNCc1ccccc1. The molecule has 0 saturated heterocycles. The van der Waals surface area contributed by atoms with Crippen LogP contribution in [0, 0.1) is 11.8 Å². The van der Waals surface area contributed by atoms with E-state index in [2.05, 4.69) is 5.32 Å². The molecule has 2 amide bonds. The number of benzene rings is 1. The van der Waals surface area contributed by atoms with Crippen LogP contribution in [0.25, 0.3) is 0 Å². The van der Waals surface area contributed by atoms with Crippen molar-refractivity contribution in [1.29, 1.82) is 0 Å². The number of nitrogens with two attached hydrogens (primary N) is 1. The Morgan fingerprint density at radius 2 is 1.79 bits per heavy atom. The molecule has 182 valence electrons. The number of carbonyl (C=O) groups is 2. The van der Waals surface area contributed by atoms with Gasteiger partial charge in [0.1, 0.15) is 5.76 Å². The van der Waals surface area contributed by atoms with Gasteiger partial charge in [0.05, 0.1) is 12.4 Å². The van der Waals surface area contributed by atoms with Gasteiger partial charge in [0.2, 0.25) is 11.8 Å². The topological polar surface area (TPSA) is 109 Å². The van der Waals surface area contributed by atoms with Crippen molar-refractivity contribution in [2.24, 2.45) is 17.6 Å². The lowest BCUT2D eigenvalue weighted by molar-refractivity contribution is -0.132. The summed E-state index contributed by atoms with van der Waals surface area (Å²) in [4.78, 5) is 27.1. The number of aliphatic hydroxyl groups is 1. The first-order valence-electron chi connectivity index (χ1n) is 12.0. The average Bonchev–Trinajstić information content (AvgIpc) is 3.32. The van der Waals surface area contributed by atoms with Gasteiger partial charge < -0.3 is 25.5 Å². The third kappa shape index (κ3) is 9.02. The van der Waals surface area contributed by atoms with Gasteiger partial charge in [-0.15, -0.1) is 0 Å². The van der Waals surface area contributed by atoms with Crippen LogP contribution in [0.1, 0.15) is 50.9 Å². The van der Waals surface area contributed by atoms with Crippen LogP contribution in [0.3, 0.4) is 0 Å². The second-order valence-electron chi connectivity index (χ2n) is 8.56. The number of aliphatic hydroxyl groups excluding tert-OH is 1. The summed E-state index contributed by atoms with van der Waals surface area (Å²) in [7, 11) is 0. The molecule has 2 aromatic rings. The fourth-order valence-electron chi connectivity index (χ4n) is 4.22. The van der Waals surface area contributed by atoms with Crippen molar-refractivity contribution in [2.45, 2.75) is 58.6 Å². The Hall–Kier alpha value is -2.64. The number of furan rings is 1. The van der Waals surface area contributed by atoms with Crippen molar-refractivity contribution >= 4 is 11.8 Å². The summed E-state index contributed by atoms with van der Waals surface area (Å²) in [5.74, 6) is -0.899. The summed E-state index contributed by atoms with van der Waals surface area (Å²) in [6.45, 7) is 6.40. The van der Waals surface area contributed by atoms with Crippen molar-refractivity contribution in [2.75, 3.05) is 19.6 Å². The van der Waals surface area contributed by atoms with Crippen LogP contribution in [-0.2, 0) is 22.6 Å². The van der Waals surface area contributed by atoms with Gasteiger partial charge in [0.25, 0.3) is 0 Å². The van der Waals surface area contributed by atoms with Crippen LogP contribution in [0.4, 0.5) is 0 Å². The highest BCUT2D eigenvalue weighted by Crippen LogP contribution is 2.26. The monoisotopic (exact) mass is 457 g/mol. The highest BCUT2D eigenvalue weighted by Gasteiger charge is 2.33. The lowest BCUT2D eigenvalue weighted by Gasteiger charge is -2.30. The molecular weight excluding hydrogens is 418 g/mol. The van der Waals surface area contributed by atoms with Crippen LogP contribution in [-0.4, -0.2) is 47.6 Å². The number of rotatable bonds is 16. The Kier molecular flexibility index (Phi) is 11.7. The summed E-state index contributed by atoms with van der Waals surface area (Å²) in [5.41, 5.74) is 6.89. The van der Waals surface area contributed by atoms with Crippen LogP contribution >= 0.6 is 0 Å². The molecular formula is C26H39N3O4. The molecule has 1 unspecified atom stereocenters. The van der Waals surface area contributed by atoms with Gasteiger partial charge in [-0.05, 0) is 37.0 Å². The smallest absolute Gasteiger partial charge is 0.222 e. The van der Waals surface area contributed by atoms with Gasteiger partial charge in [0.15, 0.2) is 0 Å². The second kappa shape index (κ2) is 14.5. The molecule has 7 nitrogen and oxygen atoms in total. The molecule has 4 N–H and O–H groups in total. The van der Waals surface area contributed by atoms with E-state index in [1.54, 1.807) is 12.3 Å². The number of nitrogens with zero attached hydrogens (tertiary/aromatic N) is 1. The minimum absolute atomic E-state index is 0.0263. The number of hydrogen-bond donors (Lipinski definition) is 3. The van der Waals surface area contributed by atoms with Crippen LogP contribution in [0.2, 0.25) is 0 Å². The summed E-state index contributed by atoms with van der Waals surface area (Å²) in [5, 5.41) is 14.3. The van der Waals surface area contributed by atoms with E-state index in [-0.39, 0.29) is 12.3 Å². The molecule has 0 radical (unpaired) electrons. The Bertz CT molecular complexity index is 804. The van der Waals surface area contributed by atoms with Gasteiger partial charge in [-0.1, -0.05) is 44.2 Å². The van der Waals surface area contributed by atoms with Gasteiger partial charge in [0, 0.05) is 50.9 Å². The van der Waals surface area contributed by atoms with Crippen molar-refractivity contribution < 1.29 is 19.1 Å². The predicted molar refractivity (Wildman–Crippen MR) is 129 cm³/mol. The predicted octanol–water partition coefficient (Wildman–Crippen LogP) is 3.12. The summed E-state index contributed by atoms with van der Waals surface area (Å²) >= 11 is 0. The fraction of sp³-hybridized carbons (Fsp3) is 0.538. The molecule has 3 atom stereocenters. The molecule has 0 aliphatic rings. The van der Waals surface area contributed by atoms with Gasteiger partial charge in [-0.25, -0.2) is 0 Å². The molecule has 1 heterocycles. The fourth-order valence-corrected chi connectivity index (χ4v) is 4.22. The van der Waals surface area contributed by atoms with E-state index in [1.165, 1.54) is 0 Å². The number of nitrogens with one attached hydrogen (secondary N) is 1. The second-order valence-corrected chi connectivity index (χ2v) is 8.56. The summed E-state index contributed by atoms with van der Waals surface area (Å²) < 4.78 is 5.49. The zero-order chi connectivity index (χ0) is 24.1. The van der Waals surface area contributed by atoms with Crippen LogP contribution < -0.4 is 11.1 Å². The normalized spacial score (nSPS) is 13.9. The Morgan fingerprint density at radius 1 is 1.09 bits per heavy atom. The van der Waals surface area contributed by atoms with Crippen molar-refractivity contribution in [3.63, 3.8) is 0 Å². The van der Waals surface area contributed by atoms with Gasteiger partial charge in [-0.3, -0.25) is 9.59 Å². The first-order chi connectivity index (χ1) is 16.0. The lowest BCUT2D eigenvalue weighted by atomic mass is 9.80. The third-order valence-electron chi connectivity index (χ3n) is 5.93. The van der Waals surface area contributed by atoms with Crippen molar-refractivity contribution in [1.82, 2.24) is 10.2 Å². The Morgan fingerprint density at radius 3 is 2.36 bits per heavy atom. The molecule has 0 aliphatic heterocycles. The average molecular weight is 458 g/mol. The summed E-state index contributed by atoms with van der Waals surface area (Å²) in [6, 6.07) is 13.5. The third-order valence-corrected chi connectivity index (χ3v) is 5.93. The Balaban J connectivity index is 2.07. The summed E-state index contributed by atoms with van der Waals surface area (Å²) in [6.07, 6.45) is 3.43. The maximum absolute atomic E-state index is 12.8. The molecule has 0 fully saturated rings. The van der Waals surface area contributed by atoms with E-state index in [4.69, 9.17) is 10.2 Å². The standard InChI is InChI=1S/C26H39N3O4/c1-3-14-29(15-4-2)25(31)13-12-22(26(27)32)23(17-21-11-8-16-33-21)24(30)19-28-18-20-9-6-5-7-10-20/h5-11,16,22-24,28,30H,3-4,12-15,17-19H2,1-2H3,(H2,27,32)/t22?,23-,24-/m0/s1. The molecule has 2 rings (SSSR count).